The van der Waals surface area contributed by atoms with Crippen molar-refractivity contribution in [3.8, 4) is 0 Å². The molecule has 30 heavy (non-hydrogen) atoms. The van der Waals surface area contributed by atoms with E-state index in [1.54, 1.807) is 18.2 Å². The molecule has 1 aliphatic heterocycles. The second-order valence-corrected chi connectivity index (χ2v) is 9.77. The molecule has 1 aromatic carbocycles. The van der Waals surface area contributed by atoms with Crippen LogP contribution in [0.5, 0.6) is 0 Å². The lowest BCUT2D eigenvalue weighted by Gasteiger charge is -2.30. The van der Waals surface area contributed by atoms with Crippen LogP contribution in [0.2, 0.25) is 0 Å². The van der Waals surface area contributed by atoms with E-state index in [0.29, 0.717) is 11.4 Å². The Labute approximate surface area is 185 Å². The minimum absolute atomic E-state index is 0.00325. The van der Waals surface area contributed by atoms with E-state index in [0.717, 1.165) is 37.1 Å². The van der Waals surface area contributed by atoms with E-state index in [1.807, 2.05) is 18.7 Å². The van der Waals surface area contributed by atoms with Crippen LogP contribution < -0.4 is 20.3 Å². The van der Waals surface area contributed by atoms with Gasteiger partial charge in [-0.3, -0.25) is 9.52 Å². The molecule has 1 atom stereocenters. The number of sulfonamides is 1. The summed E-state index contributed by atoms with van der Waals surface area (Å²) in [5.74, 6) is 0.291. The minimum Gasteiger partial charge on any atom is -0.353 e. The predicted octanol–water partition coefficient (Wildman–Crippen LogP) is 2.58. The molecule has 1 aromatic heterocycles. The first-order valence-electron chi connectivity index (χ1n) is 9.85. The summed E-state index contributed by atoms with van der Waals surface area (Å²) in [5, 5.41) is 6.22. The number of nitrogens with zero attached hydrogens (tertiary/aromatic N) is 2. The van der Waals surface area contributed by atoms with Gasteiger partial charge in [0.1, 0.15) is 5.82 Å². The summed E-state index contributed by atoms with van der Waals surface area (Å²) < 4.78 is 28.8. The van der Waals surface area contributed by atoms with Gasteiger partial charge in [0.25, 0.3) is 15.9 Å². The molecular weight excluding hydrogens is 470 g/mol. The molecule has 3 N–H and O–H groups in total. The molecule has 1 amide bonds. The molecule has 0 bridgehead atoms. The molecule has 0 saturated carbocycles. The van der Waals surface area contributed by atoms with Gasteiger partial charge in [-0.1, -0.05) is 22.9 Å². The monoisotopic (exact) mass is 495 g/mol. The van der Waals surface area contributed by atoms with Crippen molar-refractivity contribution in [2.24, 2.45) is 0 Å². The fourth-order valence-electron chi connectivity index (χ4n) is 3.04. The Bertz CT molecular complexity index is 992. The highest BCUT2D eigenvalue weighted by atomic mass is 79.9. The average molecular weight is 496 g/mol. The highest BCUT2D eigenvalue weighted by Crippen LogP contribution is 2.24. The summed E-state index contributed by atoms with van der Waals surface area (Å²) >= 11 is 3.30. The third-order valence-electron chi connectivity index (χ3n) is 4.89. The zero-order chi connectivity index (χ0) is 21.7. The standard InChI is InChI=1S/C20H26BrN5O3S/c1-3-14(2)24-20(27)18-12-16(13-23-19(18)26-10-8-22-9-11-26)25-30(28,29)17-6-4-15(21)5-7-17/h4-7,12-14,22,25H,3,8-11H2,1-2H3,(H,24,27). The third kappa shape index (κ3) is 5.50. The maximum absolute atomic E-state index is 12.9. The second-order valence-electron chi connectivity index (χ2n) is 7.17. The smallest absolute Gasteiger partial charge is 0.261 e. The zero-order valence-electron chi connectivity index (χ0n) is 17.0. The molecule has 0 radical (unpaired) electrons. The molecule has 1 saturated heterocycles. The van der Waals surface area contributed by atoms with Crippen molar-refractivity contribution in [3.63, 3.8) is 0 Å². The van der Waals surface area contributed by atoms with Gasteiger partial charge in [0.2, 0.25) is 0 Å². The predicted molar refractivity (Wildman–Crippen MR) is 121 cm³/mol. The normalized spacial score (nSPS) is 15.5. The van der Waals surface area contributed by atoms with Gasteiger partial charge in [-0.25, -0.2) is 13.4 Å². The quantitative estimate of drug-likeness (QED) is 0.545. The number of hydrogen-bond acceptors (Lipinski definition) is 6. The Morgan fingerprint density at radius 1 is 1.27 bits per heavy atom. The highest BCUT2D eigenvalue weighted by Gasteiger charge is 2.23. The molecule has 10 heteroatoms. The fourth-order valence-corrected chi connectivity index (χ4v) is 4.34. The van der Waals surface area contributed by atoms with Gasteiger partial charge >= 0.3 is 0 Å². The molecule has 0 aliphatic carbocycles. The van der Waals surface area contributed by atoms with Crippen LogP contribution in [-0.2, 0) is 10.0 Å². The third-order valence-corrected chi connectivity index (χ3v) is 6.82. The van der Waals surface area contributed by atoms with E-state index in [-0.39, 0.29) is 22.5 Å². The van der Waals surface area contributed by atoms with Crippen molar-refractivity contribution in [2.45, 2.75) is 31.2 Å². The number of nitrogens with one attached hydrogen (secondary N) is 3. The first kappa shape index (κ1) is 22.5. The Hall–Kier alpha value is -2.17. The van der Waals surface area contributed by atoms with E-state index >= 15 is 0 Å². The van der Waals surface area contributed by atoms with E-state index in [9.17, 15) is 13.2 Å². The largest absolute Gasteiger partial charge is 0.353 e. The summed E-state index contributed by atoms with van der Waals surface area (Å²) in [6, 6.07) is 7.88. The first-order chi connectivity index (χ1) is 14.3. The molecule has 2 aromatic rings. The highest BCUT2D eigenvalue weighted by molar-refractivity contribution is 9.10. The number of rotatable bonds is 7. The molecule has 1 aliphatic rings. The van der Waals surface area contributed by atoms with Crippen LogP contribution in [0, 0.1) is 0 Å². The lowest BCUT2D eigenvalue weighted by molar-refractivity contribution is 0.0939. The van der Waals surface area contributed by atoms with Crippen molar-refractivity contribution < 1.29 is 13.2 Å². The molecule has 1 fully saturated rings. The van der Waals surface area contributed by atoms with Crippen molar-refractivity contribution in [1.29, 1.82) is 0 Å². The van der Waals surface area contributed by atoms with Crippen LogP contribution in [0.4, 0.5) is 11.5 Å². The van der Waals surface area contributed by atoms with Gasteiger partial charge in [0.15, 0.2) is 0 Å². The van der Waals surface area contributed by atoms with Crippen LogP contribution in [0.3, 0.4) is 0 Å². The Morgan fingerprint density at radius 2 is 1.93 bits per heavy atom. The van der Waals surface area contributed by atoms with E-state index < -0.39 is 10.0 Å². The fraction of sp³-hybridized carbons (Fsp3) is 0.400. The van der Waals surface area contributed by atoms with E-state index in [2.05, 4.69) is 36.3 Å². The minimum atomic E-state index is -3.80. The number of benzene rings is 1. The summed E-state index contributed by atoms with van der Waals surface area (Å²) in [6.45, 7) is 6.96. The zero-order valence-corrected chi connectivity index (χ0v) is 19.4. The number of aromatic nitrogens is 1. The maximum Gasteiger partial charge on any atom is 0.261 e. The molecule has 1 unspecified atom stereocenters. The number of amides is 1. The van der Waals surface area contributed by atoms with Crippen LogP contribution in [0.1, 0.15) is 30.6 Å². The molecule has 162 valence electrons. The lowest BCUT2D eigenvalue weighted by atomic mass is 10.1. The van der Waals surface area contributed by atoms with Gasteiger partial charge in [-0.2, -0.15) is 0 Å². The SMILES string of the molecule is CCC(C)NC(=O)c1cc(NS(=O)(=O)c2ccc(Br)cc2)cnc1N1CCNCC1. The van der Waals surface area contributed by atoms with Crippen molar-refractivity contribution >= 4 is 43.4 Å². The summed E-state index contributed by atoms with van der Waals surface area (Å²) in [4.78, 5) is 19.5. The Balaban J connectivity index is 1.92. The number of anilines is 2. The van der Waals surface area contributed by atoms with Gasteiger partial charge in [0, 0.05) is 36.7 Å². The van der Waals surface area contributed by atoms with E-state index in [1.165, 1.54) is 18.3 Å². The Morgan fingerprint density at radius 3 is 2.57 bits per heavy atom. The lowest BCUT2D eigenvalue weighted by Crippen LogP contribution is -2.45. The number of piperazine rings is 1. The second kappa shape index (κ2) is 9.76. The topological polar surface area (TPSA) is 103 Å². The van der Waals surface area contributed by atoms with Crippen LogP contribution in [0.25, 0.3) is 0 Å². The van der Waals surface area contributed by atoms with Crippen LogP contribution in [-0.4, -0.2) is 51.5 Å². The van der Waals surface area contributed by atoms with Crippen LogP contribution >= 0.6 is 15.9 Å². The van der Waals surface area contributed by atoms with Gasteiger partial charge in [-0.15, -0.1) is 0 Å². The average Bonchev–Trinajstić information content (AvgIpc) is 2.74. The van der Waals surface area contributed by atoms with Crippen LogP contribution in [0.15, 0.2) is 45.9 Å². The number of hydrogen-bond donors (Lipinski definition) is 3. The van der Waals surface area contributed by atoms with Gasteiger partial charge in [-0.05, 0) is 43.7 Å². The van der Waals surface area contributed by atoms with Crippen molar-refractivity contribution in [2.75, 3.05) is 35.8 Å². The Kier molecular flexibility index (Phi) is 7.32. The number of carbonyl (C=O) groups is 1. The molecule has 3 rings (SSSR count). The number of pyridine rings is 1. The van der Waals surface area contributed by atoms with Crippen molar-refractivity contribution in [1.82, 2.24) is 15.6 Å². The van der Waals surface area contributed by atoms with Gasteiger partial charge < -0.3 is 15.5 Å². The number of halogens is 1. The number of carbonyl (C=O) groups excluding carboxylic acids is 1. The molecule has 2 heterocycles. The summed E-state index contributed by atoms with van der Waals surface area (Å²) in [5.41, 5.74) is 0.597. The first-order valence-corrected chi connectivity index (χ1v) is 12.1. The molecule has 8 nitrogen and oxygen atoms in total. The van der Waals surface area contributed by atoms with Crippen molar-refractivity contribution in [3.05, 3.63) is 46.6 Å². The maximum atomic E-state index is 12.9. The summed E-state index contributed by atoms with van der Waals surface area (Å²) in [7, 11) is -3.80. The summed E-state index contributed by atoms with van der Waals surface area (Å²) in [6.07, 6.45) is 2.24. The molecular formula is C20H26BrN5O3S. The van der Waals surface area contributed by atoms with E-state index in [4.69, 9.17) is 0 Å². The molecule has 0 spiro atoms. The van der Waals surface area contributed by atoms with Gasteiger partial charge in [0.05, 0.1) is 22.3 Å².